The highest BCUT2D eigenvalue weighted by Gasteiger charge is 2.18. The summed E-state index contributed by atoms with van der Waals surface area (Å²) in [4.78, 5) is 12.6. The van der Waals surface area contributed by atoms with Crippen molar-refractivity contribution in [3.8, 4) is 17.2 Å². The molecule has 1 heterocycles. The number of amides is 1. The van der Waals surface area contributed by atoms with Crippen LogP contribution in [-0.4, -0.2) is 29.9 Å². The van der Waals surface area contributed by atoms with E-state index in [4.69, 9.17) is 9.47 Å². The van der Waals surface area contributed by atoms with Crippen LogP contribution in [0.3, 0.4) is 0 Å². The van der Waals surface area contributed by atoms with Gasteiger partial charge in [0.25, 0.3) is 5.91 Å². The quantitative estimate of drug-likeness (QED) is 0.774. The minimum absolute atomic E-state index is 0.294. The van der Waals surface area contributed by atoms with E-state index in [1.807, 2.05) is 43.5 Å². The predicted octanol–water partition coefficient (Wildman–Crippen LogP) is 3.45. The van der Waals surface area contributed by atoms with Crippen molar-refractivity contribution in [1.29, 1.82) is 0 Å². The van der Waals surface area contributed by atoms with Crippen molar-refractivity contribution in [2.24, 2.45) is 0 Å². The molecule has 3 aromatic rings. The fourth-order valence-electron chi connectivity index (χ4n) is 2.52. The fraction of sp³-hybridized carbons (Fsp3) is 0.158. The molecule has 6 heteroatoms. The summed E-state index contributed by atoms with van der Waals surface area (Å²) in [6, 6.07) is 14.6. The Balaban J connectivity index is 1.82. The number of methoxy groups -OCH3 is 2. The van der Waals surface area contributed by atoms with Crippen molar-refractivity contribution >= 4 is 11.6 Å². The Morgan fingerprint density at radius 3 is 2.16 bits per heavy atom. The van der Waals surface area contributed by atoms with Crippen molar-refractivity contribution in [1.82, 2.24) is 9.78 Å². The Morgan fingerprint density at radius 2 is 1.64 bits per heavy atom. The van der Waals surface area contributed by atoms with E-state index in [-0.39, 0.29) is 5.91 Å². The number of nitrogens with zero attached hydrogens (tertiary/aromatic N) is 2. The standard InChI is InChI=1S/C19H19N3O3/c1-13-11-12-22(21-13)15-9-7-14(8-10-15)20-19(23)18-16(24-2)5-4-6-17(18)25-3/h4-12H,1-3H3,(H,20,23). The molecule has 0 spiro atoms. The first-order chi connectivity index (χ1) is 12.1. The van der Waals surface area contributed by atoms with Gasteiger partial charge in [0.15, 0.2) is 0 Å². The van der Waals surface area contributed by atoms with Crippen LogP contribution < -0.4 is 14.8 Å². The third-order valence-electron chi connectivity index (χ3n) is 3.77. The fourth-order valence-corrected chi connectivity index (χ4v) is 2.52. The predicted molar refractivity (Wildman–Crippen MR) is 95.8 cm³/mol. The van der Waals surface area contributed by atoms with Crippen LogP contribution >= 0.6 is 0 Å². The van der Waals surface area contributed by atoms with E-state index >= 15 is 0 Å². The molecular weight excluding hydrogens is 318 g/mol. The molecular formula is C19H19N3O3. The summed E-state index contributed by atoms with van der Waals surface area (Å²) >= 11 is 0. The highest BCUT2D eigenvalue weighted by molar-refractivity contribution is 6.08. The van der Waals surface area contributed by atoms with Gasteiger partial charge < -0.3 is 14.8 Å². The number of ether oxygens (including phenoxy) is 2. The molecule has 0 aliphatic heterocycles. The molecule has 0 bridgehead atoms. The molecule has 0 aliphatic rings. The Kier molecular flexibility index (Phi) is 4.70. The van der Waals surface area contributed by atoms with E-state index in [0.717, 1.165) is 11.4 Å². The Hall–Kier alpha value is -3.28. The van der Waals surface area contributed by atoms with Gasteiger partial charge in [0.05, 0.1) is 25.6 Å². The molecule has 0 fully saturated rings. The summed E-state index contributed by atoms with van der Waals surface area (Å²) < 4.78 is 12.3. The Labute approximate surface area is 146 Å². The first kappa shape index (κ1) is 16.6. The van der Waals surface area contributed by atoms with Gasteiger partial charge >= 0.3 is 0 Å². The van der Waals surface area contributed by atoms with E-state index in [2.05, 4.69) is 10.4 Å². The molecule has 0 radical (unpaired) electrons. The molecule has 1 amide bonds. The van der Waals surface area contributed by atoms with Crippen molar-refractivity contribution < 1.29 is 14.3 Å². The number of carbonyl (C=O) groups is 1. The lowest BCUT2D eigenvalue weighted by Crippen LogP contribution is -2.14. The Morgan fingerprint density at radius 1 is 1.00 bits per heavy atom. The molecule has 6 nitrogen and oxygen atoms in total. The second kappa shape index (κ2) is 7.09. The molecule has 0 unspecified atom stereocenters. The van der Waals surface area contributed by atoms with Crippen LogP contribution in [0.2, 0.25) is 0 Å². The normalized spacial score (nSPS) is 10.4. The lowest BCUT2D eigenvalue weighted by Gasteiger charge is -2.13. The van der Waals surface area contributed by atoms with E-state index in [1.165, 1.54) is 14.2 Å². The van der Waals surface area contributed by atoms with Crippen molar-refractivity contribution in [2.45, 2.75) is 6.92 Å². The zero-order chi connectivity index (χ0) is 17.8. The summed E-state index contributed by atoms with van der Waals surface area (Å²) in [6.45, 7) is 1.94. The van der Waals surface area contributed by atoms with Gasteiger partial charge in [-0.15, -0.1) is 0 Å². The smallest absolute Gasteiger partial charge is 0.263 e. The topological polar surface area (TPSA) is 65.4 Å². The molecule has 2 aromatic carbocycles. The van der Waals surface area contributed by atoms with Gasteiger partial charge in [0.1, 0.15) is 17.1 Å². The van der Waals surface area contributed by atoms with Crippen molar-refractivity contribution in [3.63, 3.8) is 0 Å². The lowest BCUT2D eigenvalue weighted by atomic mass is 10.1. The lowest BCUT2D eigenvalue weighted by molar-refractivity contribution is 0.102. The van der Waals surface area contributed by atoms with Crippen molar-refractivity contribution in [2.75, 3.05) is 19.5 Å². The maximum Gasteiger partial charge on any atom is 0.263 e. The summed E-state index contributed by atoms with van der Waals surface area (Å²) in [5.74, 6) is 0.623. The van der Waals surface area contributed by atoms with Crippen LogP contribution in [0.4, 0.5) is 5.69 Å². The van der Waals surface area contributed by atoms with Gasteiger partial charge in [-0.1, -0.05) is 6.07 Å². The number of hydrogen-bond donors (Lipinski definition) is 1. The molecule has 1 aromatic heterocycles. The van der Waals surface area contributed by atoms with Gasteiger partial charge in [0, 0.05) is 11.9 Å². The maximum absolute atomic E-state index is 12.6. The van der Waals surface area contributed by atoms with E-state index in [9.17, 15) is 4.79 Å². The summed E-state index contributed by atoms with van der Waals surface area (Å²) in [5.41, 5.74) is 2.89. The highest BCUT2D eigenvalue weighted by Crippen LogP contribution is 2.29. The number of hydrogen-bond acceptors (Lipinski definition) is 4. The average molecular weight is 337 g/mol. The van der Waals surface area contributed by atoms with Gasteiger partial charge in [-0.25, -0.2) is 4.68 Å². The molecule has 1 N–H and O–H groups in total. The highest BCUT2D eigenvalue weighted by atomic mass is 16.5. The monoisotopic (exact) mass is 337 g/mol. The van der Waals surface area contributed by atoms with Crippen LogP contribution in [0, 0.1) is 6.92 Å². The minimum Gasteiger partial charge on any atom is -0.496 e. The first-order valence-corrected chi connectivity index (χ1v) is 7.77. The van der Waals surface area contributed by atoms with Crippen LogP contribution in [0.25, 0.3) is 5.69 Å². The zero-order valence-corrected chi connectivity index (χ0v) is 14.3. The third-order valence-corrected chi connectivity index (χ3v) is 3.77. The number of nitrogens with one attached hydrogen (secondary N) is 1. The van der Waals surface area contributed by atoms with E-state index in [0.29, 0.717) is 22.7 Å². The molecule has 128 valence electrons. The van der Waals surface area contributed by atoms with Gasteiger partial charge in [-0.05, 0) is 49.4 Å². The number of benzene rings is 2. The van der Waals surface area contributed by atoms with Crippen LogP contribution in [0.5, 0.6) is 11.5 Å². The first-order valence-electron chi connectivity index (χ1n) is 7.77. The van der Waals surface area contributed by atoms with E-state index in [1.54, 1.807) is 22.9 Å². The molecule has 0 saturated carbocycles. The van der Waals surface area contributed by atoms with Crippen LogP contribution in [-0.2, 0) is 0 Å². The third kappa shape index (κ3) is 3.47. The second-order valence-corrected chi connectivity index (χ2v) is 5.44. The van der Waals surface area contributed by atoms with Gasteiger partial charge in [0.2, 0.25) is 0 Å². The summed E-state index contributed by atoms with van der Waals surface area (Å²) in [6.07, 6.45) is 1.89. The average Bonchev–Trinajstić information content (AvgIpc) is 3.07. The van der Waals surface area contributed by atoms with Gasteiger partial charge in [-0.2, -0.15) is 5.10 Å². The largest absolute Gasteiger partial charge is 0.496 e. The summed E-state index contributed by atoms with van der Waals surface area (Å²) in [5, 5.41) is 7.22. The zero-order valence-electron chi connectivity index (χ0n) is 14.3. The molecule has 0 saturated heterocycles. The SMILES string of the molecule is COc1cccc(OC)c1C(=O)Nc1ccc(-n2ccc(C)n2)cc1. The molecule has 0 aliphatic carbocycles. The molecule has 25 heavy (non-hydrogen) atoms. The molecule has 0 atom stereocenters. The van der Waals surface area contributed by atoms with Gasteiger partial charge in [-0.3, -0.25) is 4.79 Å². The number of anilines is 1. The number of carbonyl (C=O) groups excluding carboxylic acids is 1. The summed E-state index contributed by atoms with van der Waals surface area (Å²) in [7, 11) is 3.04. The van der Waals surface area contributed by atoms with E-state index < -0.39 is 0 Å². The minimum atomic E-state index is -0.294. The molecule has 3 rings (SSSR count). The van der Waals surface area contributed by atoms with Crippen LogP contribution in [0.1, 0.15) is 16.1 Å². The maximum atomic E-state index is 12.6. The van der Waals surface area contributed by atoms with Crippen molar-refractivity contribution in [3.05, 3.63) is 66.0 Å². The van der Waals surface area contributed by atoms with Crippen LogP contribution in [0.15, 0.2) is 54.7 Å². The number of aryl methyl sites for hydroxylation is 1. The number of aromatic nitrogens is 2. The Bertz CT molecular complexity index is 863. The second-order valence-electron chi connectivity index (χ2n) is 5.44. The number of rotatable bonds is 5.